The molecule has 20 heavy (non-hydrogen) atoms. The molecule has 0 saturated heterocycles. The van der Waals surface area contributed by atoms with Gasteiger partial charge in [0.1, 0.15) is 5.82 Å². The first kappa shape index (κ1) is 13.1. The summed E-state index contributed by atoms with van der Waals surface area (Å²) < 4.78 is 11.6. The second-order valence-corrected chi connectivity index (χ2v) is 5.83. The predicted molar refractivity (Wildman–Crippen MR) is 77.5 cm³/mol. The van der Waals surface area contributed by atoms with Crippen molar-refractivity contribution >= 4 is 11.5 Å². The number of hydrogen-bond acceptors (Lipinski definition) is 5. The molecule has 0 unspecified atom stereocenters. The van der Waals surface area contributed by atoms with Gasteiger partial charge in [0, 0.05) is 29.4 Å². The summed E-state index contributed by atoms with van der Waals surface area (Å²) in [4.78, 5) is 4.38. The quantitative estimate of drug-likeness (QED) is 0.723. The molecular weight excluding hydrogens is 272 g/mol. The van der Waals surface area contributed by atoms with Crippen LogP contribution in [0.4, 0.5) is 0 Å². The van der Waals surface area contributed by atoms with E-state index in [2.05, 4.69) is 28.4 Å². The van der Waals surface area contributed by atoms with E-state index in [0.717, 1.165) is 29.3 Å². The van der Waals surface area contributed by atoms with Crippen LogP contribution in [0.5, 0.6) is 0 Å². The number of hydrogen-bond donors (Lipinski definition) is 0. The van der Waals surface area contributed by atoms with Crippen LogP contribution >= 0.6 is 11.5 Å². The highest BCUT2D eigenvalue weighted by Gasteiger charge is 2.11. The van der Waals surface area contributed by atoms with Gasteiger partial charge >= 0.3 is 0 Å². The van der Waals surface area contributed by atoms with Crippen molar-refractivity contribution in [3.8, 4) is 11.4 Å². The van der Waals surface area contributed by atoms with Gasteiger partial charge in [-0.15, -0.1) is 0 Å². The molecule has 3 aromatic heterocycles. The van der Waals surface area contributed by atoms with Gasteiger partial charge in [0.2, 0.25) is 0 Å². The Morgan fingerprint density at radius 2 is 2.30 bits per heavy atom. The molecule has 3 aromatic rings. The van der Waals surface area contributed by atoms with Crippen molar-refractivity contribution in [3.63, 3.8) is 0 Å². The molecule has 0 spiro atoms. The highest BCUT2D eigenvalue weighted by Crippen LogP contribution is 2.20. The SMILES string of the molecule is CC(C)Cc1cc(Cn2ccnc2-c2cnsc2)on1. The number of aromatic nitrogens is 4. The maximum atomic E-state index is 5.40. The maximum Gasteiger partial charge on any atom is 0.156 e. The van der Waals surface area contributed by atoms with Crippen molar-refractivity contribution < 1.29 is 4.52 Å². The van der Waals surface area contributed by atoms with Crippen LogP contribution in [-0.2, 0) is 13.0 Å². The molecule has 3 heterocycles. The van der Waals surface area contributed by atoms with E-state index in [1.807, 2.05) is 28.4 Å². The second-order valence-electron chi connectivity index (χ2n) is 5.17. The average molecular weight is 288 g/mol. The third kappa shape index (κ3) is 2.80. The van der Waals surface area contributed by atoms with E-state index in [4.69, 9.17) is 4.52 Å². The molecule has 104 valence electrons. The average Bonchev–Trinajstić information content (AvgIpc) is 3.10. The van der Waals surface area contributed by atoms with E-state index in [0.29, 0.717) is 12.5 Å². The standard InChI is InChI=1S/C14H16N4OS/c1-10(2)5-12-6-13(19-17-12)8-18-4-3-15-14(18)11-7-16-20-9-11/h3-4,6-7,9-10H,5,8H2,1-2H3. The van der Waals surface area contributed by atoms with E-state index < -0.39 is 0 Å². The van der Waals surface area contributed by atoms with Gasteiger partial charge in [-0.1, -0.05) is 19.0 Å². The van der Waals surface area contributed by atoms with Gasteiger partial charge in [-0.25, -0.2) is 9.36 Å². The van der Waals surface area contributed by atoms with Crippen molar-refractivity contribution in [2.24, 2.45) is 5.92 Å². The minimum atomic E-state index is 0.577. The minimum Gasteiger partial charge on any atom is -0.359 e. The fraction of sp³-hybridized carbons (Fsp3) is 0.357. The summed E-state index contributed by atoms with van der Waals surface area (Å²) in [7, 11) is 0. The number of rotatable bonds is 5. The summed E-state index contributed by atoms with van der Waals surface area (Å²) in [5.74, 6) is 2.33. The molecule has 3 rings (SSSR count). The monoisotopic (exact) mass is 288 g/mol. The van der Waals surface area contributed by atoms with Crippen LogP contribution in [-0.4, -0.2) is 19.1 Å². The zero-order valence-corrected chi connectivity index (χ0v) is 12.3. The van der Waals surface area contributed by atoms with Gasteiger partial charge in [0.25, 0.3) is 0 Å². The molecule has 6 heteroatoms. The zero-order valence-electron chi connectivity index (χ0n) is 11.5. The van der Waals surface area contributed by atoms with Crippen molar-refractivity contribution in [1.82, 2.24) is 19.1 Å². The zero-order chi connectivity index (χ0) is 13.9. The summed E-state index contributed by atoms with van der Waals surface area (Å²) >= 11 is 1.42. The Labute approximate surface area is 121 Å². The van der Waals surface area contributed by atoms with E-state index >= 15 is 0 Å². The first-order chi connectivity index (χ1) is 9.72. The first-order valence-electron chi connectivity index (χ1n) is 6.57. The summed E-state index contributed by atoms with van der Waals surface area (Å²) in [6, 6.07) is 2.02. The van der Waals surface area contributed by atoms with Gasteiger partial charge in [0.15, 0.2) is 5.76 Å². The molecule has 0 aliphatic heterocycles. The lowest BCUT2D eigenvalue weighted by molar-refractivity contribution is 0.368. The fourth-order valence-corrected chi connectivity index (χ4v) is 2.64. The summed E-state index contributed by atoms with van der Waals surface area (Å²) in [5.41, 5.74) is 2.04. The summed E-state index contributed by atoms with van der Waals surface area (Å²) in [5, 5.41) is 6.10. The molecule has 0 fully saturated rings. The Hall–Kier alpha value is -1.95. The normalized spacial score (nSPS) is 11.3. The van der Waals surface area contributed by atoms with Crippen molar-refractivity contribution in [2.75, 3.05) is 0 Å². The topological polar surface area (TPSA) is 56.7 Å². The molecule has 0 atom stereocenters. The van der Waals surface area contributed by atoms with Crippen molar-refractivity contribution in [3.05, 3.63) is 41.5 Å². The van der Waals surface area contributed by atoms with E-state index in [-0.39, 0.29) is 0 Å². The molecule has 0 radical (unpaired) electrons. The van der Waals surface area contributed by atoms with Crippen LogP contribution in [0, 0.1) is 5.92 Å². The largest absolute Gasteiger partial charge is 0.359 e. The Morgan fingerprint density at radius 1 is 1.40 bits per heavy atom. The molecule has 0 aliphatic carbocycles. The van der Waals surface area contributed by atoms with Gasteiger partial charge in [-0.2, -0.15) is 0 Å². The van der Waals surface area contributed by atoms with Gasteiger partial charge < -0.3 is 9.09 Å². The molecule has 0 bridgehead atoms. The van der Waals surface area contributed by atoms with Crippen LogP contribution in [0.25, 0.3) is 11.4 Å². The maximum absolute atomic E-state index is 5.40. The Balaban J connectivity index is 1.78. The van der Waals surface area contributed by atoms with Crippen LogP contribution in [0.3, 0.4) is 0 Å². The molecule has 0 amide bonds. The highest BCUT2D eigenvalue weighted by atomic mass is 32.1. The van der Waals surface area contributed by atoms with Crippen LogP contribution in [0.15, 0.2) is 34.6 Å². The lowest BCUT2D eigenvalue weighted by atomic mass is 10.1. The minimum absolute atomic E-state index is 0.577. The smallest absolute Gasteiger partial charge is 0.156 e. The Bertz CT molecular complexity index is 669. The summed E-state index contributed by atoms with van der Waals surface area (Å²) in [6.45, 7) is 4.98. The third-order valence-electron chi connectivity index (χ3n) is 2.96. The number of nitrogens with zero attached hydrogens (tertiary/aromatic N) is 4. The second kappa shape index (κ2) is 5.58. The number of imidazole rings is 1. The van der Waals surface area contributed by atoms with Gasteiger partial charge in [0.05, 0.1) is 18.4 Å². The lowest BCUT2D eigenvalue weighted by Crippen LogP contribution is -1.99. The van der Waals surface area contributed by atoms with Crippen molar-refractivity contribution in [2.45, 2.75) is 26.8 Å². The van der Waals surface area contributed by atoms with E-state index in [1.54, 1.807) is 6.20 Å². The van der Waals surface area contributed by atoms with E-state index in [9.17, 15) is 0 Å². The fourth-order valence-electron chi connectivity index (χ4n) is 2.13. The van der Waals surface area contributed by atoms with Gasteiger partial charge in [-0.3, -0.25) is 0 Å². The lowest BCUT2D eigenvalue weighted by Gasteiger charge is -2.02. The van der Waals surface area contributed by atoms with Crippen LogP contribution < -0.4 is 0 Å². The highest BCUT2D eigenvalue weighted by molar-refractivity contribution is 7.03. The first-order valence-corrected chi connectivity index (χ1v) is 7.41. The van der Waals surface area contributed by atoms with E-state index in [1.165, 1.54) is 11.5 Å². The van der Waals surface area contributed by atoms with Crippen LogP contribution in [0.2, 0.25) is 0 Å². The molecule has 5 nitrogen and oxygen atoms in total. The molecule has 0 aliphatic rings. The van der Waals surface area contributed by atoms with Crippen molar-refractivity contribution in [1.29, 1.82) is 0 Å². The summed E-state index contributed by atoms with van der Waals surface area (Å²) in [6.07, 6.45) is 6.50. The van der Waals surface area contributed by atoms with Gasteiger partial charge in [-0.05, 0) is 23.9 Å². The predicted octanol–water partition coefficient (Wildman–Crippen LogP) is 3.24. The Morgan fingerprint density at radius 3 is 3.05 bits per heavy atom. The third-order valence-corrected chi connectivity index (χ3v) is 3.54. The molecule has 0 saturated carbocycles. The Kier molecular flexibility index (Phi) is 3.64. The molecule has 0 N–H and O–H groups in total. The molecule has 0 aromatic carbocycles. The van der Waals surface area contributed by atoms with Crippen LogP contribution in [0.1, 0.15) is 25.3 Å². The molecular formula is C14H16N4OS.